The number of aromatic amines is 1. The minimum Gasteiger partial charge on any atom is -0.309 e. The Morgan fingerprint density at radius 3 is 2.95 bits per heavy atom. The van der Waals surface area contributed by atoms with Crippen LogP contribution in [-0.2, 0) is 11.3 Å². The summed E-state index contributed by atoms with van der Waals surface area (Å²) in [5.74, 6) is 0.509. The Labute approximate surface area is 117 Å². The van der Waals surface area contributed by atoms with Gasteiger partial charge in [-0.25, -0.2) is 4.79 Å². The molecule has 1 aromatic heterocycles. The lowest BCUT2D eigenvalue weighted by Crippen LogP contribution is -2.41. The van der Waals surface area contributed by atoms with Gasteiger partial charge in [-0.2, -0.15) is 5.10 Å². The zero-order chi connectivity index (χ0) is 13.7. The number of H-pyrrole nitrogens is 1. The average molecular weight is 274 g/mol. The van der Waals surface area contributed by atoms with Gasteiger partial charge < -0.3 is 4.90 Å². The molecule has 0 aromatic carbocycles. The molecule has 3 fully saturated rings. The lowest BCUT2D eigenvalue weighted by molar-refractivity contribution is -0.128. The number of imide groups is 1. The second-order valence-corrected chi connectivity index (χ2v) is 6.06. The van der Waals surface area contributed by atoms with Crippen LogP contribution >= 0.6 is 0 Å². The smallest absolute Gasteiger partial charge is 0.309 e. The van der Waals surface area contributed by atoms with Gasteiger partial charge in [0, 0.05) is 12.2 Å². The highest BCUT2D eigenvalue weighted by Gasteiger charge is 2.55. The van der Waals surface area contributed by atoms with Gasteiger partial charge in [-0.3, -0.25) is 14.8 Å². The van der Waals surface area contributed by atoms with Gasteiger partial charge in [0.2, 0.25) is 0 Å². The van der Waals surface area contributed by atoms with E-state index >= 15 is 0 Å². The molecule has 20 heavy (non-hydrogen) atoms. The number of nitrogens with one attached hydrogen (secondary N) is 1. The van der Waals surface area contributed by atoms with Crippen LogP contribution < -0.4 is 0 Å². The first-order chi connectivity index (χ1) is 9.75. The molecule has 1 N–H and O–H groups in total. The Kier molecular flexibility index (Phi) is 2.58. The highest BCUT2D eigenvalue weighted by atomic mass is 16.2. The minimum absolute atomic E-state index is 0.0287. The number of carbonyl (C=O) groups excluding carboxylic acids is 2. The maximum Gasteiger partial charge on any atom is 0.328 e. The summed E-state index contributed by atoms with van der Waals surface area (Å²) in [6.45, 7) is 0.308. The lowest BCUT2D eigenvalue weighted by atomic mass is 9.84. The predicted molar refractivity (Wildman–Crippen MR) is 70.5 cm³/mol. The molecule has 2 aliphatic heterocycles. The minimum atomic E-state index is -0.210. The SMILES string of the molecule is O=C1[C@@H]2C[C@H]3CCCC[C@H]3N2C(=O)N1Cc1ccn[nH]1. The quantitative estimate of drug-likeness (QED) is 0.831. The van der Waals surface area contributed by atoms with E-state index in [2.05, 4.69) is 10.2 Å². The Morgan fingerprint density at radius 2 is 2.15 bits per heavy atom. The van der Waals surface area contributed by atoms with E-state index in [4.69, 9.17) is 0 Å². The molecular weight excluding hydrogens is 256 g/mol. The van der Waals surface area contributed by atoms with Crippen molar-refractivity contribution < 1.29 is 9.59 Å². The maximum absolute atomic E-state index is 12.6. The van der Waals surface area contributed by atoms with Gasteiger partial charge in [0.1, 0.15) is 6.04 Å². The third-order valence-corrected chi connectivity index (χ3v) is 4.98. The van der Waals surface area contributed by atoms with E-state index in [0.29, 0.717) is 12.5 Å². The van der Waals surface area contributed by atoms with Crippen LogP contribution in [0.15, 0.2) is 12.3 Å². The van der Waals surface area contributed by atoms with Crippen molar-refractivity contribution in [2.75, 3.05) is 0 Å². The fraction of sp³-hybridized carbons (Fsp3) is 0.643. The van der Waals surface area contributed by atoms with Gasteiger partial charge in [0.15, 0.2) is 0 Å². The molecule has 0 spiro atoms. The van der Waals surface area contributed by atoms with E-state index in [0.717, 1.165) is 18.5 Å². The number of fused-ring (bicyclic) bond motifs is 3. The summed E-state index contributed by atoms with van der Waals surface area (Å²) in [6.07, 6.45) is 7.12. The molecule has 4 rings (SSSR count). The first kappa shape index (κ1) is 11.9. The second kappa shape index (κ2) is 4.33. The van der Waals surface area contributed by atoms with E-state index in [-0.39, 0.29) is 24.0 Å². The van der Waals surface area contributed by atoms with E-state index in [9.17, 15) is 9.59 Å². The van der Waals surface area contributed by atoms with Gasteiger partial charge >= 0.3 is 6.03 Å². The van der Waals surface area contributed by atoms with Crippen molar-refractivity contribution in [2.45, 2.75) is 50.7 Å². The van der Waals surface area contributed by atoms with E-state index in [1.807, 2.05) is 4.90 Å². The molecule has 0 bridgehead atoms. The largest absolute Gasteiger partial charge is 0.328 e. The van der Waals surface area contributed by atoms with E-state index in [1.54, 1.807) is 12.3 Å². The Hall–Kier alpha value is -1.85. The maximum atomic E-state index is 12.6. The molecular formula is C14H18N4O2. The van der Waals surface area contributed by atoms with Crippen LogP contribution in [0.25, 0.3) is 0 Å². The van der Waals surface area contributed by atoms with Gasteiger partial charge in [0.05, 0.1) is 12.2 Å². The third kappa shape index (κ3) is 1.60. The molecule has 3 heterocycles. The number of hydrogen-bond donors (Lipinski definition) is 1. The van der Waals surface area contributed by atoms with Crippen LogP contribution in [0.4, 0.5) is 4.79 Å². The second-order valence-electron chi connectivity index (χ2n) is 6.06. The van der Waals surface area contributed by atoms with E-state index in [1.165, 1.54) is 24.2 Å². The number of aromatic nitrogens is 2. The summed E-state index contributed by atoms with van der Waals surface area (Å²) < 4.78 is 0. The fourth-order valence-electron chi connectivity index (χ4n) is 4.06. The number of rotatable bonds is 2. The van der Waals surface area contributed by atoms with Crippen molar-refractivity contribution in [2.24, 2.45) is 5.92 Å². The van der Waals surface area contributed by atoms with Gasteiger partial charge in [-0.05, 0) is 31.2 Å². The van der Waals surface area contributed by atoms with Crippen LogP contribution in [0.5, 0.6) is 0 Å². The molecule has 3 amide bonds. The van der Waals surface area contributed by atoms with Crippen LogP contribution in [0.2, 0.25) is 0 Å². The van der Waals surface area contributed by atoms with Crippen molar-refractivity contribution >= 4 is 11.9 Å². The number of nitrogens with zero attached hydrogens (tertiary/aromatic N) is 3. The van der Waals surface area contributed by atoms with Crippen molar-refractivity contribution in [3.05, 3.63) is 18.0 Å². The van der Waals surface area contributed by atoms with Crippen LogP contribution in [-0.4, -0.2) is 44.0 Å². The van der Waals surface area contributed by atoms with E-state index < -0.39 is 0 Å². The normalized spacial score (nSPS) is 32.7. The standard InChI is InChI=1S/C14H18N4O2/c19-13-12-7-9-3-1-2-4-11(9)18(12)14(20)17(13)8-10-5-6-15-16-10/h5-6,9,11-12H,1-4,7-8H2,(H,15,16)/t9-,11-,12+/m1/s1. The molecule has 1 saturated carbocycles. The average Bonchev–Trinajstić information content (AvgIpc) is 3.14. The monoisotopic (exact) mass is 274 g/mol. The summed E-state index contributed by atoms with van der Waals surface area (Å²) in [6, 6.07) is 1.77. The molecule has 2 saturated heterocycles. The first-order valence-electron chi connectivity index (χ1n) is 7.37. The molecule has 1 aliphatic carbocycles. The molecule has 3 aliphatic rings. The van der Waals surface area contributed by atoms with Crippen molar-refractivity contribution in [3.8, 4) is 0 Å². The summed E-state index contributed by atoms with van der Waals surface area (Å²) in [4.78, 5) is 28.3. The highest BCUT2D eigenvalue weighted by Crippen LogP contribution is 2.43. The predicted octanol–water partition coefficient (Wildman–Crippen LogP) is 1.50. The highest BCUT2D eigenvalue weighted by molar-refractivity contribution is 6.04. The van der Waals surface area contributed by atoms with Crippen molar-refractivity contribution in [3.63, 3.8) is 0 Å². The first-order valence-corrected chi connectivity index (χ1v) is 7.37. The third-order valence-electron chi connectivity index (χ3n) is 4.98. The molecule has 0 unspecified atom stereocenters. The molecule has 106 valence electrons. The Balaban J connectivity index is 1.58. The number of amides is 3. The zero-order valence-electron chi connectivity index (χ0n) is 11.3. The zero-order valence-corrected chi connectivity index (χ0v) is 11.3. The summed E-state index contributed by atoms with van der Waals surface area (Å²) >= 11 is 0. The molecule has 0 radical (unpaired) electrons. The molecule has 1 aromatic rings. The van der Waals surface area contributed by atoms with Crippen molar-refractivity contribution in [1.82, 2.24) is 20.0 Å². The Bertz CT molecular complexity index is 541. The number of urea groups is 1. The van der Waals surface area contributed by atoms with Crippen LogP contribution in [0.3, 0.4) is 0 Å². The summed E-state index contributed by atoms with van der Waals surface area (Å²) in [5, 5.41) is 6.68. The topological polar surface area (TPSA) is 69.3 Å². The Morgan fingerprint density at radius 1 is 1.30 bits per heavy atom. The van der Waals surface area contributed by atoms with Crippen LogP contribution in [0.1, 0.15) is 37.8 Å². The van der Waals surface area contributed by atoms with Gasteiger partial charge in [-0.15, -0.1) is 0 Å². The molecule has 3 atom stereocenters. The van der Waals surface area contributed by atoms with Crippen LogP contribution in [0, 0.1) is 5.92 Å². The molecule has 6 nitrogen and oxygen atoms in total. The number of hydrogen-bond acceptors (Lipinski definition) is 3. The summed E-state index contributed by atoms with van der Waals surface area (Å²) in [7, 11) is 0. The fourth-order valence-corrected chi connectivity index (χ4v) is 4.06. The summed E-state index contributed by atoms with van der Waals surface area (Å²) in [5.41, 5.74) is 0.799. The van der Waals surface area contributed by atoms with Gasteiger partial charge in [-0.1, -0.05) is 12.8 Å². The lowest BCUT2D eigenvalue weighted by Gasteiger charge is -2.30. The van der Waals surface area contributed by atoms with Gasteiger partial charge in [0.25, 0.3) is 5.91 Å². The molecule has 6 heteroatoms. The number of carbonyl (C=O) groups is 2. The van der Waals surface area contributed by atoms with Crippen molar-refractivity contribution in [1.29, 1.82) is 0 Å².